The summed E-state index contributed by atoms with van der Waals surface area (Å²) in [7, 11) is 0. The number of amides is 2. The van der Waals surface area contributed by atoms with E-state index in [0.29, 0.717) is 11.4 Å². The number of hydrogen-bond donors (Lipinski definition) is 2. The standard InChI is InChI=1S/C25H26N2O3S/c1-17-9-10-18(2)23(15-17)27-25(29)19(3)31-22-13-11-20(12-14-22)26-24(28)16-30-21-7-5-4-6-8-21/h4-15,19H,16H2,1-3H3,(H,26,28)(H,27,29). The highest BCUT2D eigenvalue weighted by molar-refractivity contribution is 8.00. The van der Waals surface area contributed by atoms with Crippen LogP contribution in [0, 0.1) is 13.8 Å². The molecule has 0 aliphatic carbocycles. The van der Waals surface area contributed by atoms with E-state index in [4.69, 9.17) is 4.74 Å². The third kappa shape index (κ3) is 6.89. The van der Waals surface area contributed by atoms with Crippen LogP contribution in [0.25, 0.3) is 0 Å². The second-order valence-electron chi connectivity index (χ2n) is 7.24. The fourth-order valence-corrected chi connectivity index (χ4v) is 3.71. The van der Waals surface area contributed by atoms with Crippen LogP contribution in [0.1, 0.15) is 18.1 Å². The summed E-state index contributed by atoms with van der Waals surface area (Å²) in [6.45, 7) is 5.80. The minimum atomic E-state index is -0.264. The average Bonchev–Trinajstić information content (AvgIpc) is 2.77. The predicted octanol–water partition coefficient (Wildman–Crippen LogP) is 5.44. The van der Waals surface area contributed by atoms with Crippen LogP contribution in [0.15, 0.2) is 77.7 Å². The highest BCUT2D eigenvalue weighted by Gasteiger charge is 2.15. The number of aryl methyl sites for hydroxylation is 2. The summed E-state index contributed by atoms with van der Waals surface area (Å²) in [5.41, 5.74) is 3.66. The van der Waals surface area contributed by atoms with Crippen LogP contribution in [0.4, 0.5) is 11.4 Å². The lowest BCUT2D eigenvalue weighted by Gasteiger charge is -2.14. The minimum Gasteiger partial charge on any atom is -0.484 e. The number of para-hydroxylation sites is 1. The Balaban J connectivity index is 1.49. The molecule has 6 heteroatoms. The second-order valence-corrected chi connectivity index (χ2v) is 8.66. The van der Waals surface area contributed by atoms with Gasteiger partial charge < -0.3 is 15.4 Å². The van der Waals surface area contributed by atoms with Crippen molar-refractivity contribution in [2.24, 2.45) is 0 Å². The molecule has 3 aromatic carbocycles. The molecule has 1 atom stereocenters. The summed E-state index contributed by atoms with van der Waals surface area (Å²) in [4.78, 5) is 25.6. The van der Waals surface area contributed by atoms with Gasteiger partial charge in [-0.05, 0) is 74.4 Å². The predicted molar refractivity (Wildman–Crippen MR) is 127 cm³/mol. The van der Waals surface area contributed by atoms with Crippen molar-refractivity contribution in [3.63, 3.8) is 0 Å². The molecule has 5 nitrogen and oxygen atoms in total. The van der Waals surface area contributed by atoms with E-state index in [9.17, 15) is 9.59 Å². The first-order valence-electron chi connectivity index (χ1n) is 10.0. The highest BCUT2D eigenvalue weighted by atomic mass is 32.2. The number of ether oxygens (including phenoxy) is 1. The van der Waals surface area contributed by atoms with Gasteiger partial charge in [0.1, 0.15) is 5.75 Å². The Bertz CT molecular complexity index is 1040. The molecule has 1 unspecified atom stereocenters. The first-order valence-corrected chi connectivity index (χ1v) is 10.9. The summed E-state index contributed by atoms with van der Waals surface area (Å²) in [5.74, 6) is 0.372. The maximum atomic E-state index is 12.6. The van der Waals surface area contributed by atoms with Crippen LogP contribution >= 0.6 is 11.8 Å². The number of anilines is 2. The molecule has 160 valence electrons. The number of carbonyl (C=O) groups is 2. The van der Waals surface area contributed by atoms with Crippen LogP contribution in [0.2, 0.25) is 0 Å². The summed E-state index contributed by atoms with van der Waals surface area (Å²) < 4.78 is 5.45. The van der Waals surface area contributed by atoms with Crippen molar-refractivity contribution < 1.29 is 14.3 Å². The zero-order chi connectivity index (χ0) is 22.2. The topological polar surface area (TPSA) is 67.4 Å². The first kappa shape index (κ1) is 22.4. The van der Waals surface area contributed by atoms with Gasteiger partial charge in [0.15, 0.2) is 6.61 Å². The van der Waals surface area contributed by atoms with Crippen molar-refractivity contribution >= 4 is 35.0 Å². The molecule has 0 saturated carbocycles. The molecule has 0 spiro atoms. The number of nitrogens with one attached hydrogen (secondary N) is 2. The maximum absolute atomic E-state index is 12.6. The van der Waals surface area contributed by atoms with E-state index in [1.165, 1.54) is 11.8 Å². The Labute approximate surface area is 187 Å². The number of hydrogen-bond acceptors (Lipinski definition) is 4. The van der Waals surface area contributed by atoms with Crippen molar-refractivity contribution in [3.05, 3.63) is 83.9 Å². The lowest BCUT2D eigenvalue weighted by Crippen LogP contribution is -2.22. The lowest BCUT2D eigenvalue weighted by atomic mass is 10.1. The van der Waals surface area contributed by atoms with E-state index in [-0.39, 0.29) is 23.7 Å². The fraction of sp³-hybridized carbons (Fsp3) is 0.200. The van der Waals surface area contributed by atoms with E-state index in [1.807, 2.05) is 81.4 Å². The van der Waals surface area contributed by atoms with Gasteiger partial charge in [0.25, 0.3) is 5.91 Å². The molecular weight excluding hydrogens is 408 g/mol. The molecule has 0 aliphatic heterocycles. The fourth-order valence-electron chi connectivity index (χ4n) is 2.84. The van der Waals surface area contributed by atoms with E-state index < -0.39 is 0 Å². The largest absolute Gasteiger partial charge is 0.484 e. The highest BCUT2D eigenvalue weighted by Crippen LogP contribution is 2.26. The van der Waals surface area contributed by atoms with Crippen LogP contribution in [-0.4, -0.2) is 23.7 Å². The monoisotopic (exact) mass is 434 g/mol. The molecule has 0 bridgehead atoms. The zero-order valence-corrected chi connectivity index (χ0v) is 18.7. The van der Waals surface area contributed by atoms with Crippen molar-refractivity contribution in [2.45, 2.75) is 30.9 Å². The molecule has 2 N–H and O–H groups in total. The number of carbonyl (C=O) groups excluding carboxylic acids is 2. The van der Waals surface area contributed by atoms with Crippen LogP contribution in [0.3, 0.4) is 0 Å². The summed E-state index contributed by atoms with van der Waals surface area (Å²) in [6, 6.07) is 22.6. The van der Waals surface area contributed by atoms with Crippen molar-refractivity contribution in [3.8, 4) is 5.75 Å². The molecular formula is C25H26N2O3S. The number of rotatable bonds is 8. The van der Waals surface area contributed by atoms with Gasteiger partial charge in [-0.2, -0.15) is 0 Å². The zero-order valence-electron chi connectivity index (χ0n) is 17.8. The molecule has 0 radical (unpaired) electrons. The molecule has 0 fully saturated rings. The van der Waals surface area contributed by atoms with Gasteiger partial charge in [-0.25, -0.2) is 0 Å². The normalized spacial score (nSPS) is 11.5. The van der Waals surface area contributed by atoms with Crippen molar-refractivity contribution in [1.29, 1.82) is 0 Å². The quantitative estimate of drug-likeness (QED) is 0.463. The Kier molecular flexibility index (Phi) is 7.73. The second kappa shape index (κ2) is 10.7. The van der Waals surface area contributed by atoms with Crippen molar-refractivity contribution in [2.75, 3.05) is 17.2 Å². The minimum absolute atomic E-state index is 0.0471. The van der Waals surface area contributed by atoms with Crippen LogP contribution in [-0.2, 0) is 9.59 Å². The Morgan fingerprint density at radius 2 is 1.65 bits per heavy atom. The summed E-state index contributed by atoms with van der Waals surface area (Å²) in [6.07, 6.45) is 0. The number of thioether (sulfide) groups is 1. The lowest BCUT2D eigenvalue weighted by molar-refractivity contribution is -0.118. The van der Waals surface area contributed by atoms with Crippen LogP contribution < -0.4 is 15.4 Å². The molecule has 3 rings (SSSR count). The van der Waals surface area contributed by atoms with E-state index in [1.54, 1.807) is 12.1 Å². The van der Waals surface area contributed by atoms with Gasteiger partial charge in [-0.1, -0.05) is 30.3 Å². The van der Waals surface area contributed by atoms with Gasteiger partial charge in [0.05, 0.1) is 5.25 Å². The van der Waals surface area contributed by atoms with Gasteiger partial charge in [0, 0.05) is 16.3 Å². The third-order valence-electron chi connectivity index (χ3n) is 4.58. The molecule has 0 aromatic heterocycles. The summed E-state index contributed by atoms with van der Waals surface area (Å²) >= 11 is 1.47. The molecule has 0 heterocycles. The Hall–Kier alpha value is -3.25. The first-order chi connectivity index (χ1) is 14.9. The smallest absolute Gasteiger partial charge is 0.262 e. The Morgan fingerprint density at radius 3 is 2.35 bits per heavy atom. The molecule has 2 amide bonds. The Morgan fingerprint density at radius 1 is 0.935 bits per heavy atom. The van der Waals surface area contributed by atoms with Crippen molar-refractivity contribution in [1.82, 2.24) is 0 Å². The average molecular weight is 435 g/mol. The molecule has 0 aliphatic rings. The summed E-state index contributed by atoms with van der Waals surface area (Å²) in [5, 5.41) is 5.55. The van der Waals surface area contributed by atoms with Gasteiger partial charge >= 0.3 is 0 Å². The van der Waals surface area contributed by atoms with E-state index in [2.05, 4.69) is 10.6 Å². The third-order valence-corrected chi connectivity index (χ3v) is 5.70. The van der Waals surface area contributed by atoms with E-state index >= 15 is 0 Å². The maximum Gasteiger partial charge on any atom is 0.262 e. The van der Waals surface area contributed by atoms with Gasteiger partial charge in [-0.15, -0.1) is 11.8 Å². The van der Waals surface area contributed by atoms with Gasteiger partial charge in [-0.3, -0.25) is 9.59 Å². The number of benzene rings is 3. The SMILES string of the molecule is Cc1ccc(C)c(NC(=O)C(C)Sc2ccc(NC(=O)COc3ccccc3)cc2)c1. The molecule has 31 heavy (non-hydrogen) atoms. The molecule has 0 saturated heterocycles. The van der Waals surface area contributed by atoms with Gasteiger partial charge in [0.2, 0.25) is 5.91 Å². The molecule has 3 aromatic rings. The van der Waals surface area contributed by atoms with E-state index in [0.717, 1.165) is 21.7 Å². The van der Waals surface area contributed by atoms with Crippen LogP contribution in [0.5, 0.6) is 5.75 Å².